The quantitative estimate of drug-likeness (QED) is 0.582. The molecule has 0 radical (unpaired) electrons. The second-order valence-corrected chi connectivity index (χ2v) is 3.69. The van der Waals surface area contributed by atoms with E-state index < -0.39 is 34.4 Å². The molecule has 1 unspecified atom stereocenters. The number of carboxylic acid groups (broad SMARTS) is 1. The molecule has 20 heavy (non-hydrogen) atoms. The van der Waals surface area contributed by atoms with Crippen LogP contribution < -0.4 is 5.32 Å². The van der Waals surface area contributed by atoms with Crippen LogP contribution in [-0.2, 0) is 9.53 Å². The Morgan fingerprint density at radius 3 is 2.70 bits per heavy atom. The van der Waals surface area contributed by atoms with Crippen molar-refractivity contribution in [3.05, 3.63) is 39.7 Å². The predicted molar refractivity (Wildman–Crippen MR) is 63.8 cm³/mol. The van der Waals surface area contributed by atoms with Gasteiger partial charge in [0, 0.05) is 7.11 Å². The molecule has 0 aromatic heterocycles. The van der Waals surface area contributed by atoms with Crippen LogP contribution in [0.1, 0.15) is 10.4 Å². The van der Waals surface area contributed by atoms with Crippen LogP contribution in [0.5, 0.6) is 0 Å². The first-order valence-electron chi connectivity index (χ1n) is 5.34. The van der Waals surface area contributed by atoms with E-state index in [2.05, 4.69) is 10.1 Å². The zero-order valence-corrected chi connectivity index (χ0v) is 10.3. The fourth-order valence-electron chi connectivity index (χ4n) is 1.40. The largest absolute Gasteiger partial charge is 0.479 e. The Kier molecular flexibility index (Phi) is 5.09. The number of rotatable bonds is 6. The second kappa shape index (κ2) is 6.57. The second-order valence-electron chi connectivity index (χ2n) is 3.69. The van der Waals surface area contributed by atoms with E-state index in [0.717, 1.165) is 19.2 Å². The van der Waals surface area contributed by atoms with E-state index in [9.17, 15) is 24.1 Å². The molecule has 108 valence electrons. The van der Waals surface area contributed by atoms with Gasteiger partial charge in [-0.15, -0.1) is 0 Å². The van der Waals surface area contributed by atoms with Crippen molar-refractivity contribution in [2.75, 3.05) is 13.7 Å². The molecule has 0 aliphatic heterocycles. The molecule has 0 saturated heterocycles. The number of benzene rings is 1. The average Bonchev–Trinajstić information content (AvgIpc) is 2.38. The number of carbonyl (C=O) groups excluding carboxylic acids is 1. The van der Waals surface area contributed by atoms with Crippen molar-refractivity contribution < 1.29 is 28.7 Å². The molecule has 1 amide bonds. The van der Waals surface area contributed by atoms with Crippen LogP contribution in [0.25, 0.3) is 0 Å². The van der Waals surface area contributed by atoms with Crippen molar-refractivity contribution >= 4 is 17.6 Å². The van der Waals surface area contributed by atoms with Crippen molar-refractivity contribution in [3.63, 3.8) is 0 Å². The number of methoxy groups -OCH3 is 1. The van der Waals surface area contributed by atoms with Gasteiger partial charge in [-0.1, -0.05) is 0 Å². The Morgan fingerprint density at radius 1 is 1.55 bits per heavy atom. The molecule has 0 spiro atoms. The fraction of sp³-hybridized carbons (Fsp3) is 0.273. The number of nitrogens with one attached hydrogen (secondary N) is 1. The number of hydrogen-bond acceptors (Lipinski definition) is 5. The summed E-state index contributed by atoms with van der Waals surface area (Å²) < 4.78 is 17.5. The highest BCUT2D eigenvalue weighted by atomic mass is 19.1. The maximum Gasteiger partial charge on any atom is 0.334 e. The van der Waals surface area contributed by atoms with Crippen LogP contribution in [0.3, 0.4) is 0 Å². The smallest absolute Gasteiger partial charge is 0.334 e. The van der Waals surface area contributed by atoms with Crippen molar-refractivity contribution in [2.24, 2.45) is 0 Å². The van der Waals surface area contributed by atoms with Crippen LogP contribution in [0.2, 0.25) is 0 Å². The van der Waals surface area contributed by atoms with Gasteiger partial charge in [-0.25, -0.2) is 9.18 Å². The van der Waals surface area contributed by atoms with Gasteiger partial charge in [-0.2, -0.15) is 0 Å². The number of hydrogen-bond donors (Lipinski definition) is 2. The normalized spacial score (nSPS) is 11.7. The van der Waals surface area contributed by atoms with Gasteiger partial charge in [0.2, 0.25) is 0 Å². The molecular weight excluding hydrogens is 275 g/mol. The van der Waals surface area contributed by atoms with E-state index in [1.165, 1.54) is 0 Å². The third kappa shape index (κ3) is 3.72. The Hall–Kier alpha value is -2.55. The minimum atomic E-state index is -1.29. The highest BCUT2D eigenvalue weighted by Crippen LogP contribution is 2.19. The summed E-state index contributed by atoms with van der Waals surface area (Å²) >= 11 is 0. The molecule has 0 aliphatic carbocycles. The van der Waals surface area contributed by atoms with Gasteiger partial charge < -0.3 is 15.2 Å². The molecule has 1 aromatic carbocycles. The van der Waals surface area contributed by atoms with Gasteiger partial charge >= 0.3 is 5.97 Å². The standard InChI is InChI=1S/C11H11FN2O6/c1-20-9(11(16)17)5-13-10(15)7-3-2-6(12)4-8(7)14(18)19/h2-4,9H,5H2,1H3,(H,13,15)(H,16,17). The third-order valence-electron chi connectivity index (χ3n) is 2.41. The predicted octanol–water partition coefficient (Wildman–Crippen LogP) is 0.563. The number of amides is 1. The van der Waals surface area contributed by atoms with Crippen molar-refractivity contribution in [3.8, 4) is 0 Å². The molecule has 1 rings (SSSR count). The molecule has 1 aromatic rings. The molecular formula is C11H11FN2O6. The summed E-state index contributed by atoms with van der Waals surface area (Å²) in [5.74, 6) is -3.03. The van der Waals surface area contributed by atoms with E-state index in [1.807, 2.05) is 0 Å². The molecule has 1 atom stereocenters. The number of nitro groups is 1. The SMILES string of the molecule is COC(CNC(=O)c1ccc(F)cc1[N+](=O)[O-])C(=O)O. The van der Waals surface area contributed by atoms with Crippen molar-refractivity contribution in [1.29, 1.82) is 0 Å². The average molecular weight is 286 g/mol. The van der Waals surface area contributed by atoms with E-state index in [4.69, 9.17) is 5.11 Å². The number of halogens is 1. The number of ether oxygens (including phenoxy) is 1. The Bertz CT molecular complexity index is 548. The first-order valence-corrected chi connectivity index (χ1v) is 5.34. The first kappa shape index (κ1) is 15.5. The zero-order chi connectivity index (χ0) is 15.3. The van der Waals surface area contributed by atoms with Gasteiger partial charge in [0.1, 0.15) is 11.4 Å². The van der Waals surface area contributed by atoms with E-state index in [-0.39, 0.29) is 12.1 Å². The lowest BCUT2D eigenvalue weighted by Crippen LogP contribution is -2.38. The van der Waals surface area contributed by atoms with Gasteiger partial charge in [-0.3, -0.25) is 14.9 Å². The maximum atomic E-state index is 12.9. The van der Waals surface area contributed by atoms with Gasteiger partial charge in [0.15, 0.2) is 6.10 Å². The Labute approximate surface area is 112 Å². The van der Waals surface area contributed by atoms with Crippen LogP contribution in [0, 0.1) is 15.9 Å². The summed E-state index contributed by atoms with van der Waals surface area (Å²) in [4.78, 5) is 32.2. The third-order valence-corrected chi connectivity index (χ3v) is 2.41. The maximum absolute atomic E-state index is 12.9. The molecule has 9 heteroatoms. The minimum Gasteiger partial charge on any atom is -0.479 e. The van der Waals surface area contributed by atoms with Crippen LogP contribution in [-0.4, -0.2) is 41.7 Å². The first-order chi connectivity index (χ1) is 9.36. The summed E-state index contributed by atoms with van der Waals surface area (Å²) in [6, 6.07) is 2.46. The lowest BCUT2D eigenvalue weighted by Gasteiger charge is -2.11. The molecule has 0 aliphatic rings. The minimum absolute atomic E-state index is 0.364. The molecule has 0 heterocycles. The van der Waals surface area contributed by atoms with Crippen LogP contribution >= 0.6 is 0 Å². The molecule has 0 fully saturated rings. The number of nitrogens with zero attached hydrogens (tertiary/aromatic N) is 1. The Morgan fingerprint density at radius 2 is 2.20 bits per heavy atom. The van der Waals surface area contributed by atoms with Gasteiger partial charge in [-0.05, 0) is 12.1 Å². The monoisotopic (exact) mass is 286 g/mol. The molecule has 2 N–H and O–H groups in total. The Balaban J connectivity index is 2.88. The van der Waals surface area contributed by atoms with Gasteiger partial charge in [0.05, 0.1) is 17.5 Å². The lowest BCUT2D eigenvalue weighted by atomic mass is 10.1. The number of carbonyl (C=O) groups is 2. The highest BCUT2D eigenvalue weighted by Gasteiger charge is 2.23. The van der Waals surface area contributed by atoms with E-state index in [1.54, 1.807) is 0 Å². The van der Waals surface area contributed by atoms with E-state index in [0.29, 0.717) is 6.07 Å². The lowest BCUT2D eigenvalue weighted by molar-refractivity contribution is -0.385. The fourth-order valence-corrected chi connectivity index (χ4v) is 1.40. The number of nitro benzene ring substituents is 1. The van der Waals surface area contributed by atoms with E-state index >= 15 is 0 Å². The summed E-state index contributed by atoms with van der Waals surface area (Å²) in [6.45, 7) is -0.376. The van der Waals surface area contributed by atoms with Crippen LogP contribution in [0.4, 0.5) is 10.1 Å². The molecule has 8 nitrogen and oxygen atoms in total. The summed E-state index contributed by atoms with van der Waals surface area (Å²) in [5, 5.41) is 21.6. The molecule has 0 saturated carbocycles. The summed E-state index contributed by atoms with van der Waals surface area (Å²) in [7, 11) is 1.14. The summed E-state index contributed by atoms with van der Waals surface area (Å²) in [6.07, 6.45) is -1.28. The number of carboxylic acids is 1. The zero-order valence-electron chi connectivity index (χ0n) is 10.3. The van der Waals surface area contributed by atoms with Gasteiger partial charge in [0.25, 0.3) is 11.6 Å². The summed E-state index contributed by atoms with van der Waals surface area (Å²) in [5.41, 5.74) is -1.07. The molecule has 0 bridgehead atoms. The highest BCUT2D eigenvalue weighted by molar-refractivity contribution is 5.98. The van der Waals surface area contributed by atoms with Crippen LogP contribution in [0.15, 0.2) is 18.2 Å². The number of aliphatic carboxylic acids is 1. The van der Waals surface area contributed by atoms with Crippen molar-refractivity contribution in [2.45, 2.75) is 6.10 Å². The van der Waals surface area contributed by atoms with Crippen molar-refractivity contribution in [1.82, 2.24) is 5.32 Å². The topological polar surface area (TPSA) is 119 Å².